The van der Waals surface area contributed by atoms with E-state index in [1.54, 1.807) is 13.8 Å². The Morgan fingerprint density at radius 1 is 1.19 bits per heavy atom. The fraction of sp³-hybridized carbons (Fsp3) is 0.476. The molecule has 2 aromatic rings. The highest BCUT2D eigenvalue weighted by Crippen LogP contribution is 2.30. The monoisotopic (exact) mass is 368 g/mol. The summed E-state index contributed by atoms with van der Waals surface area (Å²) < 4.78 is 0. The van der Waals surface area contributed by atoms with Crippen molar-refractivity contribution in [2.75, 3.05) is 27.2 Å². The number of carbonyl (C=O) groups is 1. The molecular weight excluding hydrogens is 340 g/mol. The highest BCUT2D eigenvalue weighted by Gasteiger charge is 2.37. The number of likely N-dealkylation sites (tertiary alicyclic amines) is 1. The number of likely N-dealkylation sites (N-methyl/N-ethyl adjacent to an activating group) is 1. The first kappa shape index (κ1) is 19.3. The second-order valence-corrected chi connectivity index (χ2v) is 7.74. The first-order valence-electron chi connectivity index (χ1n) is 9.33. The average Bonchev–Trinajstić information content (AvgIpc) is 3.04. The van der Waals surface area contributed by atoms with E-state index in [0.29, 0.717) is 30.2 Å². The zero-order valence-electron chi connectivity index (χ0n) is 16.7. The van der Waals surface area contributed by atoms with Crippen molar-refractivity contribution in [3.8, 4) is 0 Å². The minimum absolute atomic E-state index is 0.0179. The molecule has 0 spiro atoms. The zero-order chi connectivity index (χ0) is 19.7. The molecule has 1 N–H and O–H groups in total. The van der Waals surface area contributed by atoms with Crippen LogP contribution in [0.15, 0.2) is 29.1 Å². The molecule has 27 heavy (non-hydrogen) atoms. The van der Waals surface area contributed by atoms with Gasteiger partial charge in [0, 0.05) is 36.3 Å². The van der Waals surface area contributed by atoms with Crippen molar-refractivity contribution in [3.63, 3.8) is 0 Å². The van der Waals surface area contributed by atoms with E-state index in [1.165, 1.54) is 11.1 Å². The normalized spacial score (nSPS) is 19.7. The molecule has 0 bridgehead atoms. The van der Waals surface area contributed by atoms with E-state index < -0.39 is 0 Å². The van der Waals surface area contributed by atoms with Crippen LogP contribution in [0.2, 0.25) is 0 Å². The van der Waals surface area contributed by atoms with Crippen molar-refractivity contribution in [2.45, 2.75) is 39.2 Å². The minimum atomic E-state index is -0.216. The number of nitrogens with zero attached hydrogens (tertiary/aromatic N) is 3. The molecule has 1 fully saturated rings. The highest BCUT2D eigenvalue weighted by molar-refractivity contribution is 5.79. The summed E-state index contributed by atoms with van der Waals surface area (Å²) in [6, 6.07) is 8.81. The Morgan fingerprint density at radius 2 is 1.85 bits per heavy atom. The first-order valence-corrected chi connectivity index (χ1v) is 9.33. The summed E-state index contributed by atoms with van der Waals surface area (Å²) >= 11 is 0. The number of aromatic amines is 1. The van der Waals surface area contributed by atoms with E-state index in [9.17, 15) is 9.59 Å². The Bertz CT molecular complexity index is 886. The molecule has 3 rings (SSSR count). The van der Waals surface area contributed by atoms with Crippen molar-refractivity contribution in [1.29, 1.82) is 0 Å². The fourth-order valence-electron chi connectivity index (χ4n) is 3.88. The molecule has 1 aromatic heterocycles. The Kier molecular flexibility index (Phi) is 5.46. The molecule has 0 radical (unpaired) electrons. The topological polar surface area (TPSA) is 69.3 Å². The summed E-state index contributed by atoms with van der Waals surface area (Å²) in [6.07, 6.45) is 0.0925. The van der Waals surface area contributed by atoms with Crippen molar-refractivity contribution in [3.05, 3.63) is 62.8 Å². The number of aromatic nitrogens is 2. The summed E-state index contributed by atoms with van der Waals surface area (Å²) in [5.41, 5.74) is 3.36. The number of benzene rings is 1. The van der Waals surface area contributed by atoms with E-state index in [-0.39, 0.29) is 29.8 Å². The smallest absolute Gasteiger partial charge is 0.254 e. The summed E-state index contributed by atoms with van der Waals surface area (Å²) in [6.45, 7) is 6.94. The highest BCUT2D eigenvalue weighted by atomic mass is 16.2. The molecule has 0 aliphatic carbocycles. The predicted molar refractivity (Wildman–Crippen MR) is 106 cm³/mol. The fourth-order valence-corrected chi connectivity index (χ4v) is 3.88. The molecule has 0 saturated carbocycles. The Labute approximate surface area is 160 Å². The summed E-state index contributed by atoms with van der Waals surface area (Å²) in [5, 5.41) is 0. The van der Waals surface area contributed by atoms with Crippen LogP contribution in [0.5, 0.6) is 0 Å². The van der Waals surface area contributed by atoms with Crippen LogP contribution in [0, 0.1) is 20.8 Å². The maximum absolute atomic E-state index is 12.9. The number of H-pyrrole nitrogens is 1. The molecule has 1 aromatic carbocycles. The number of amides is 1. The Balaban J connectivity index is 1.80. The van der Waals surface area contributed by atoms with Gasteiger partial charge < -0.3 is 14.8 Å². The van der Waals surface area contributed by atoms with Crippen LogP contribution in [0.3, 0.4) is 0 Å². The van der Waals surface area contributed by atoms with Crippen LogP contribution in [-0.4, -0.2) is 58.9 Å². The number of aryl methyl sites for hydroxylation is 3. The maximum Gasteiger partial charge on any atom is 0.254 e. The molecule has 1 amide bonds. The van der Waals surface area contributed by atoms with Crippen molar-refractivity contribution in [1.82, 2.24) is 19.8 Å². The zero-order valence-corrected chi connectivity index (χ0v) is 16.7. The van der Waals surface area contributed by atoms with Gasteiger partial charge in [-0.05, 0) is 40.4 Å². The molecule has 1 aliphatic rings. The van der Waals surface area contributed by atoms with Gasteiger partial charge in [-0.1, -0.05) is 29.8 Å². The molecule has 2 atom stereocenters. The van der Waals surface area contributed by atoms with E-state index in [4.69, 9.17) is 0 Å². The second-order valence-electron chi connectivity index (χ2n) is 7.74. The molecule has 0 unspecified atom stereocenters. The van der Waals surface area contributed by atoms with Gasteiger partial charge in [0.25, 0.3) is 5.56 Å². The molecule has 144 valence electrons. The predicted octanol–water partition coefficient (Wildman–Crippen LogP) is 1.79. The van der Waals surface area contributed by atoms with Gasteiger partial charge in [-0.2, -0.15) is 0 Å². The van der Waals surface area contributed by atoms with E-state index in [2.05, 4.69) is 60.2 Å². The lowest BCUT2D eigenvalue weighted by Crippen LogP contribution is -2.37. The number of hydrogen-bond acceptors (Lipinski definition) is 4. The molecule has 6 nitrogen and oxygen atoms in total. The first-order chi connectivity index (χ1) is 12.8. The van der Waals surface area contributed by atoms with Crippen LogP contribution in [0.1, 0.15) is 34.1 Å². The van der Waals surface area contributed by atoms with Gasteiger partial charge in [-0.15, -0.1) is 0 Å². The quantitative estimate of drug-likeness (QED) is 0.893. The molecular formula is C21H28N4O2. The van der Waals surface area contributed by atoms with Gasteiger partial charge in [-0.3, -0.25) is 9.59 Å². The third-order valence-electron chi connectivity index (χ3n) is 5.48. The SMILES string of the molecule is Cc1ccc([C@@H]2CN(C(=O)Cc3c(C)nc(C)[nH]c3=O)C[C@H]2N(C)C)cc1. The lowest BCUT2D eigenvalue weighted by atomic mass is 9.93. The van der Waals surface area contributed by atoms with E-state index in [0.717, 1.165) is 0 Å². The standard InChI is InChI=1S/C21H28N4O2/c1-13-6-8-16(9-7-13)18-11-25(12-19(18)24(4)5)20(26)10-17-14(2)22-15(3)23-21(17)27/h6-9,18-19H,10-12H2,1-5H3,(H,22,23,27)/t18-,19+/m0/s1. The molecule has 6 heteroatoms. The van der Waals surface area contributed by atoms with Crippen molar-refractivity contribution < 1.29 is 4.79 Å². The molecule has 2 heterocycles. The third kappa shape index (κ3) is 4.11. The third-order valence-corrected chi connectivity index (χ3v) is 5.48. The summed E-state index contributed by atoms with van der Waals surface area (Å²) in [4.78, 5) is 36.2. The van der Waals surface area contributed by atoms with E-state index in [1.807, 2.05) is 4.90 Å². The Hall–Kier alpha value is -2.47. The largest absolute Gasteiger partial charge is 0.340 e. The van der Waals surface area contributed by atoms with Gasteiger partial charge in [0.05, 0.1) is 6.42 Å². The molecule has 1 aliphatic heterocycles. The number of hydrogen-bond donors (Lipinski definition) is 1. The van der Waals surface area contributed by atoms with Gasteiger partial charge >= 0.3 is 0 Å². The van der Waals surface area contributed by atoms with Crippen LogP contribution in [0.25, 0.3) is 0 Å². The lowest BCUT2D eigenvalue weighted by molar-refractivity contribution is -0.129. The van der Waals surface area contributed by atoms with Gasteiger partial charge in [-0.25, -0.2) is 4.98 Å². The number of nitrogens with one attached hydrogen (secondary N) is 1. The van der Waals surface area contributed by atoms with Gasteiger partial charge in [0.2, 0.25) is 5.91 Å². The van der Waals surface area contributed by atoms with Crippen LogP contribution in [0.4, 0.5) is 0 Å². The van der Waals surface area contributed by atoms with Crippen molar-refractivity contribution in [2.24, 2.45) is 0 Å². The maximum atomic E-state index is 12.9. The number of rotatable bonds is 4. The summed E-state index contributed by atoms with van der Waals surface area (Å²) in [5.74, 6) is 0.817. The second kappa shape index (κ2) is 7.64. The summed E-state index contributed by atoms with van der Waals surface area (Å²) in [7, 11) is 4.11. The van der Waals surface area contributed by atoms with Crippen LogP contribution >= 0.6 is 0 Å². The Morgan fingerprint density at radius 3 is 2.44 bits per heavy atom. The van der Waals surface area contributed by atoms with E-state index >= 15 is 0 Å². The van der Waals surface area contributed by atoms with Crippen molar-refractivity contribution >= 4 is 5.91 Å². The van der Waals surface area contributed by atoms with Gasteiger partial charge in [0.1, 0.15) is 5.82 Å². The van der Waals surface area contributed by atoms with Gasteiger partial charge in [0.15, 0.2) is 0 Å². The minimum Gasteiger partial charge on any atom is -0.340 e. The van der Waals surface area contributed by atoms with Crippen LogP contribution < -0.4 is 5.56 Å². The lowest BCUT2D eigenvalue weighted by Gasteiger charge is -2.25. The molecule has 1 saturated heterocycles. The average molecular weight is 368 g/mol. The van der Waals surface area contributed by atoms with Crippen LogP contribution in [-0.2, 0) is 11.2 Å². The number of carbonyl (C=O) groups excluding carboxylic acids is 1.